The number of carbonyl (C=O) groups excluding carboxylic acids is 2. The van der Waals surface area contributed by atoms with Crippen LogP contribution in [0.15, 0.2) is 36.9 Å². The van der Waals surface area contributed by atoms with E-state index in [2.05, 4.69) is 17.2 Å². The smallest absolute Gasteiger partial charge is 0.312 e. The van der Waals surface area contributed by atoms with Gasteiger partial charge in [-0.15, -0.1) is 6.58 Å². The predicted molar refractivity (Wildman–Crippen MR) is 65.4 cm³/mol. The molecule has 0 aromatic heterocycles. The van der Waals surface area contributed by atoms with Gasteiger partial charge in [-0.2, -0.15) is 0 Å². The molecule has 0 radical (unpaired) electrons. The first kappa shape index (κ1) is 12.8. The molecule has 1 aromatic rings. The number of hydrogen-bond donors (Lipinski definition) is 3. The number of nitrogens with two attached hydrogens (primary N) is 1. The molecule has 0 heterocycles. The Morgan fingerprint density at radius 2 is 1.88 bits per heavy atom. The molecule has 0 atom stereocenters. The predicted octanol–water partition coefficient (Wildman–Crippen LogP) is 0.771. The maximum absolute atomic E-state index is 11.5. The highest BCUT2D eigenvalue weighted by atomic mass is 16.2. The fraction of sp³-hybridized carbons (Fsp3) is 0.167. The Morgan fingerprint density at radius 1 is 1.24 bits per heavy atom. The summed E-state index contributed by atoms with van der Waals surface area (Å²) in [7, 11) is 0. The third-order valence-electron chi connectivity index (χ3n) is 2.09. The van der Waals surface area contributed by atoms with Crippen LogP contribution >= 0.6 is 0 Å². The van der Waals surface area contributed by atoms with Gasteiger partial charge >= 0.3 is 6.03 Å². The topological polar surface area (TPSA) is 84.2 Å². The van der Waals surface area contributed by atoms with Crippen molar-refractivity contribution >= 4 is 11.9 Å². The van der Waals surface area contributed by atoms with E-state index in [9.17, 15) is 9.59 Å². The minimum absolute atomic E-state index is 0.153. The van der Waals surface area contributed by atoms with Crippen molar-refractivity contribution in [1.82, 2.24) is 10.6 Å². The van der Waals surface area contributed by atoms with E-state index in [0.29, 0.717) is 18.7 Å². The zero-order valence-corrected chi connectivity index (χ0v) is 9.40. The van der Waals surface area contributed by atoms with E-state index in [-0.39, 0.29) is 5.91 Å². The van der Waals surface area contributed by atoms with Crippen LogP contribution in [0.5, 0.6) is 0 Å². The highest BCUT2D eigenvalue weighted by molar-refractivity contribution is 5.94. The normalized spacial score (nSPS) is 9.41. The molecule has 0 aliphatic heterocycles. The summed E-state index contributed by atoms with van der Waals surface area (Å²) < 4.78 is 0. The van der Waals surface area contributed by atoms with Gasteiger partial charge in [-0.3, -0.25) is 4.79 Å². The molecule has 5 nitrogen and oxygen atoms in total. The first-order valence-electron chi connectivity index (χ1n) is 5.15. The molecule has 5 heteroatoms. The summed E-state index contributed by atoms with van der Waals surface area (Å²) in [5, 5.41) is 5.14. The fourth-order valence-corrected chi connectivity index (χ4v) is 1.23. The van der Waals surface area contributed by atoms with E-state index in [1.807, 2.05) is 0 Å². The second-order valence-corrected chi connectivity index (χ2v) is 3.41. The highest BCUT2D eigenvalue weighted by Crippen LogP contribution is 2.04. The van der Waals surface area contributed by atoms with Gasteiger partial charge in [0.05, 0.1) is 0 Å². The molecule has 0 saturated heterocycles. The van der Waals surface area contributed by atoms with Gasteiger partial charge in [0.2, 0.25) is 0 Å². The van der Waals surface area contributed by atoms with Crippen molar-refractivity contribution in [3.63, 3.8) is 0 Å². The molecule has 90 valence electrons. The molecule has 1 aromatic carbocycles. The standard InChI is InChI=1S/C12H15N3O2/c1-2-7-14-11(16)10-5-3-9(4-6-10)8-15-12(13)17/h2-6H,1,7-8H2,(H,14,16)(H3,13,15,17). The van der Waals surface area contributed by atoms with Crippen LogP contribution in [0.2, 0.25) is 0 Å². The third kappa shape index (κ3) is 4.38. The number of amides is 3. The lowest BCUT2D eigenvalue weighted by Gasteiger charge is -2.05. The second-order valence-electron chi connectivity index (χ2n) is 3.41. The van der Waals surface area contributed by atoms with Crippen LogP contribution in [0.25, 0.3) is 0 Å². The first-order chi connectivity index (χ1) is 8.13. The van der Waals surface area contributed by atoms with Gasteiger partial charge in [0.15, 0.2) is 0 Å². The summed E-state index contributed by atoms with van der Waals surface area (Å²) in [6, 6.07) is 6.34. The van der Waals surface area contributed by atoms with E-state index >= 15 is 0 Å². The van der Waals surface area contributed by atoms with Crippen molar-refractivity contribution in [2.24, 2.45) is 5.73 Å². The second kappa shape index (κ2) is 6.32. The fourth-order valence-electron chi connectivity index (χ4n) is 1.23. The van der Waals surface area contributed by atoms with E-state index in [1.54, 1.807) is 30.3 Å². The molecule has 0 unspecified atom stereocenters. The molecule has 0 bridgehead atoms. The van der Waals surface area contributed by atoms with Gasteiger partial charge in [0.25, 0.3) is 5.91 Å². The summed E-state index contributed by atoms with van der Waals surface area (Å²) in [5.74, 6) is -0.153. The Kier molecular flexibility index (Phi) is 4.75. The van der Waals surface area contributed by atoms with Crippen LogP contribution in [0.4, 0.5) is 4.79 Å². The number of urea groups is 1. The molecule has 4 N–H and O–H groups in total. The molecule has 0 aliphatic rings. The first-order valence-corrected chi connectivity index (χ1v) is 5.15. The summed E-state index contributed by atoms with van der Waals surface area (Å²) in [6.07, 6.45) is 1.61. The molecule has 3 amide bonds. The largest absolute Gasteiger partial charge is 0.352 e. The lowest BCUT2D eigenvalue weighted by atomic mass is 10.1. The third-order valence-corrected chi connectivity index (χ3v) is 2.09. The van der Waals surface area contributed by atoms with Crippen LogP contribution in [0.1, 0.15) is 15.9 Å². The number of carbonyl (C=O) groups is 2. The monoisotopic (exact) mass is 233 g/mol. The molecule has 1 rings (SSSR count). The van der Waals surface area contributed by atoms with Gasteiger partial charge < -0.3 is 16.4 Å². The number of primary amides is 1. The van der Waals surface area contributed by atoms with Gasteiger partial charge in [-0.05, 0) is 17.7 Å². The van der Waals surface area contributed by atoms with E-state index in [4.69, 9.17) is 5.73 Å². The molecular formula is C12H15N3O2. The van der Waals surface area contributed by atoms with Gasteiger partial charge in [-0.1, -0.05) is 18.2 Å². The maximum atomic E-state index is 11.5. The zero-order chi connectivity index (χ0) is 12.7. The summed E-state index contributed by atoms with van der Waals surface area (Å²) in [6.45, 7) is 4.30. The van der Waals surface area contributed by atoms with Crippen molar-refractivity contribution in [2.75, 3.05) is 6.54 Å². The Morgan fingerprint density at radius 3 is 2.41 bits per heavy atom. The molecule has 0 spiro atoms. The van der Waals surface area contributed by atoms with Crippen LogP contribution in [-0.4, -0.2) is 18.5 Å². The van der Waals surface area contributed by atoms with E-state index in [1.165, 1.54) is 0 Å². The number of nitrogens with one attached hydrogen (secondary N) is 2. The minimum atomic E-state index is -0.571. The summed E-state index contributed by atoms with van der Waals surface area (Å²) in [4.78, 5) is 22.0. The van der Waals surface area contributed by atoms with Crippen molar-refractivity contribution in [2.45, 2.75) is 6.54 Å². The summed E-state index contributed by atoms with van der Waals surface area (Å²) >= 11 is 0. The zero-order valence-electron chi connectivity index (χ0n) is 9.40. The molecule has 17 heavy (non-hydrogen) atoms. The van der Waals surface area contributed by atoms with E-state index < -0.39 is 6.03 Å². The van der Waals surface area contributed by atoms with Crippen LogP contribution in [0.3, 0.4) is 0 Å². The van der Waals surface area contributed by atoms with Crippen molar-refractivity contribution in [3.8, 4) is 0 Å². The average molecular weight is 233 g/mol. The Bertz CT molecular complexity index is 412. The molecule has 0 saturated carbocycles. The summed E-state index contributed by atoms with van der Waals surface area (Å²) in [5.41, 5.74) is 6.39. The Labute approximate surface area is 99.7 Å². The van der Waals surface area contributed by atoms with Gasteiger partial charge in [-0.25, -0.2) is 4.79 Å². The average Bonchev–Trinajstić information content (AvgIpc) is 2.34. The minimum Gasteiger partial charge on any atom is -0.352 e. The van der Waals surface area contributed by atoms with Gasteiger partial charge in [0, 0.05) is 18.7 Å². The number of rotatable bonds is 5. The Hall–Kier alpha value is -2.30. The Balaban J connectivity index is 2.57. The van der Waals surface area contributed by atoms with E-state index in [0.717, 1.165) is 5.56 Å². The molecular weight excluding hydrogens is 218 g/mol. The van der Waals surface area contributed by atoms with Crippen LogP contribution in [-0.2, 0) is 6.54 Å². The molecule has 0 fully saturated rings. The highest BCUT2D eigenvalue weighted by Gasteiger charge is 2.03. The van der Waals surface area contributed by atoms with Crippen molar-refractivity contribution in [3.05, 3.63) is 48.0 Å². The number of hydrogen-bond acceptors (Lipinski definition) is 2. The van der Waals surface area contributed by atoms with Crippen LogP contribution < -0.4 is 16.4 Å². The maximum Gasteiger partial charge on any atom is 0.312 e. The van der Waals surface area contributed by atoms with Crippen molar-refractivity contribution < 1.29 is 9.59 Å². The lowest BCUT2D eigenvalue weighted by molar-refractivity contribution is 0.0958. The lowest BCUT2D eigenvalue weighted by Crippen LogP contribution is -2.28. The SMILES string of the molecule is C=CCNC(=O)c1ccc(CNC(N)=O)cc1. The number of benzene rings is 1. The van der Waals surface area contributed by atoms with Crippen LogP contribution in [0, 0.1) is 0 Å². The molecule has 0 aliphatic carbocycles. The quantitative estimate of drug-likeness (QED) is 0.656. The van der Waals surface area contributed by atoms with Crippen molar-refractivity contribution in [1.29, 1.82) is 0 Å². The van der Waals surface area contributed by atoms with Gasteiger partial charge in [0.1, 0.15) is 0 Å².